The summed E-state index contributed by atoms with van der Waals surface area (Å²) in [6.45, 7) is 5.41. The molecule has 1 fully saturated rings. The number of nitrogens with one attached hydrogen (secondary N) is 1. The van der Waals surface area contributed by atoms with Crippen LogP contribution in [0.25, 0.3) is 0 Å². The second-order valence-corrected chi connectivity index (χ2v) is 7.45. The Morgan fingerprint density at radius 2 is 2.26 bits per heavy atom. The molecule has 7 heteroatoms. The van der Waals surface area contributed by atoms with E-state index in [-0.39, 0.29) is 11.7 Å². The maximum Gasteiger partial charge on any atom is 0.150 e. The Kier molecular flexibility index (Phi) is 4.03. The highest BCUT2D eigenvalue weighted by atomic mass is 32.2. The van der Waals surface area contributed by atoms with Crippen LogP contribution in [0.2, 0.25) is 0 Å². The van der Waals surface area contributed by atoms with Crippen molar-refractivity contribution in [2.24, 2.45) is 5.92 Å². The molecule has 1 saturated heterocycles. The van der Waals surface area contributed by atoms with Gasteiger partial charge in [0.05, 0.1) is 22.9 Å². The van der Waals surface area contributed by atoms with Crippen LogP contribution >= 0.6 is 0 Å². The van der Waals surface area contributed by atoms with E-state index in [0.29, 0.717) is 18.0 Å². The normalized spacial score (nSPS) is 21.7. The van der Waals surface area contributed by atoms with Crippen molar-refractivity contribution in [3.63, 3.8) is 0 Å². The Morgan fingerprint density at radius 3 is 2.84 bits per heavy atom. The molecule has 0 radical (unpaired) electrons. The fourth-order valence-electron chi connectivity index (χ4n) is 2.43. The second-order valence-electron chi connectivity index (χ2n) is 5.22. The number of anilines is 2. The lowest BCUT2D eigenvalue weighted by atomic mass is 10.1. The summed E-state index contributed by atoms with van der Waals surface area (Å²) in [5.74, 6) is 1.58. The number of sulfone groups is 1. The molecule has 1 aliphatic rings. The van der Waals surface area contributed by atoms with Gasteiger partial charge in [-0.3, -0.25) is 0 Å². The van der Waals surface area contributed by atoms with Crippen molar-refractivity contribution in [2.45, 2.75) is 33.2 Å². The van der Waals surface area contributed by atoms with Crippen molar-refractivity contribution in [1.29, 1.82) is 0 Å². The first-order valence-electron chi connectivity index (χ1n) is 6.70. The second kappa shape index (κ2) is 5.40. The van der Waals surface area contributed by atoms with Crippen LogP contribution in [0.15, 0.2) is 0 Å². The van der Waals surface area contributed by atoms with E-state index in [0.717, 1.165) is 30.9 Å². The predicted octanol–water partition coefficient (Wildman–Crippen LogP) is 1.03. The van der Waals surface area contributed by atoms with Crippen LogP contribution in [0.3, 0.4) is 0 Å². The summed E-state index contributed by atoms with van der Waals surface area (Å²) in [4.78, 5) is 0. The van der Waals surface area contributed by atoms with Gasteiger partial charge < -0.3 is 11.1 Å². The minimum absolute atomic E-state index is 0.176. The average molecular weight is 286 g/mol. The molecule has 1 atom stereocenters. The number of rotatable bonds is 5. The van der Waals surface area contributed by atoms with Gasteiger partial charge >= 0.3 is 0 Å². The first-order chi connectivity index (χ1) is 8.93. The standard InChI is InChI=1S/C12H22N4O2S/c1-3-5-16-12(11(13)9(2)15-16)14-7-10-4-6-19(17,18)8-10/h10,14H,3-8,13H2,1-2H3. The van der Waals surface area contributed by atoms with Crippen molar-refractivity contribution in [1.82, 2.24) is 9.78 Å². The molecule has 2 rings (SSSR count). The Hall–Kier alpha value is -1.24. The number of nitrogen functional groups attached to an aromatic ring is 1. The highest BCUT2D eigenvalue weighted by Crippen LogP contribution is 2.24. The van der Waals surface area contributed by atoms with Crippen LogP contribution in [0.5, 0.6) is 0 Å². The summed E-state index contributed by atoms with van der Waals surface area (Å²) < 4.78 is 24.7. The zero-order chi connectivity index (χ0) is 14.0. The molecule has 1 aliphatic heterocycles. The number of aryl methyl sites for hydroxylation is 2. The van der Waals surface area contributed by atoms with Crippen molar-refractivity contribution >= 4 is 21.3 Å². The molecule has 0 aromatic carbocycles. The zero-order valence-electron chi connectivity index (χ0n) is 11.5. The van der Waals surface area contributed by atoms with E-state index < -0.39 is 9.84 Å². The number of hydrogen-bond donors (Lipinski definition) is 2. The Morgan fingerprint density at radius 1 is 1.53 bits per heavy atom. The number of hydrogen-bond acceptors (Lipinski definition) is 5. The lowest BCUT2D eigenvalue weighted by molar-refractivity contribution is 0.584. The summed E-state index contributed by atoms with van der Waals surface area (Å²) in [5, 5.41) is 7.66. The quantitative estimate of drug-likeness (QED) is 0.843. The molecule has 0 aliphatic carbocycles. The molecule has 6 nitrogen and oxygen atoms in total. The molecule has 19 heavy (non-hydrogen) atoms. The maximum absolute atomic E-state index is 11.4. The third-order valence-electron chi connectivity index (χ3n) is 3.49. The lowest BCUT2D eigenvalue weighted by Gasteiger charge is -2.13. The van der Waals surface area contributed by atoms with Gasteiger partial charge in [0.15, 0.2) is 9.84 Å². The van der Waals surface area contributed by atoms with Crippen LogP contribution in [0.1, 0.15) is 25.5 Å². The van der Waals surface area contributed by atoms with E-state index in [2.05, 4.69) is 17.3 Å². The highest BCUT2D eigenvalue weighted by molar-refractivity contribution is 7.91. The summed E-state index contributed by atoms with van der Waals surface area (Å²) in [7, 11) is -2.82. The molecular formula is C12H22N4O2S. The molecule has 0 saturated carbocycles. The van der Waals surface area contributed by atoms with Gasteiger partial charge in [0.2, 0.25) is 0 Å². The van der Waals surface area contributed by atoms with Gasteiger partial charge in [0.25, 0.3) is 0 Å². The van der Waals surface area contributed by atoms with Gasteiger partial charge in [-0.05, 0) is 25.7 Å². The molecule has 1 aromatic rings. The van der Waals surface area contributed by atoms with Gasteiger partial charge in [0.1, 0.15) is 5.82 Å². The monoisotopic (exact) mass is 286 g/mol. The van der Waals surface area contributed by atoms with Crippen molar-refractivity contribution < 1.29 is 8.42 Å². The van der Waals surface area contributed by atoms with E-state index in [1.807, 2.05) is 11.6 Å². The van der Waals surface area contributed by atoms with Crippen LogP contribution in [0, 0.1) is 12.8 Å². The van der Waals surface area contributed by atoms with E-state index >= 15 is 0 Å². The molecule has 0 bridgehead atoms. The topological polar surface area (TPSA) is 90.0 Å². The molecule has 1 aromatic heterocycles. The minimum Gasteiger partial charge on any atom is -0.394 e. The lowest BCUT2D eigenvalue weighted by Crippen LogP contribution is -2.18. The summed E-state index contributed by atoms with van der Waals surface area (Å²) in [5.41, 5.74) is 7.48. The summed E-state index contributed by atoms with van der Waals surface area (Å²) in [6, 6.07) is 0. The predicted molar refractivity (Wildman–Crippen MR) is 76.9 cm³/mol. The SMILES string of the molecule is CCCn1nc(C)c(N)c1NCC1CCS(=O)(=O)C1. The third kappa shape index (κ3) is 3.20. The van der Waals surface area contributed by atoms with E-state index in [4.69, 9.17) is 5.73 Å². The fourth-order valence-corrected chi connectivity index (χ4v) is 4.29. The van der Waals surface area contributed by atoms with Gasteiger partial charge in [-0.25, -0.2) is 13.1 Å². The molecule has 3 N–H and O–H groups in total. The first kappa shape index (κ1) is 14.2. The molecule has 0 spiro atoms. The molecule has 108 valence electrons. The van der Waals surface area contributed by atoms with Crippen LogP contribution in [-0.4, -0.2) is 36.2 Å². The van der Waals surface area contributed by atoms with Crippen molar-refractivity contribution in [2.75, 3.05) is 29.1 Å². The van der Waals surface area contributed by atoms with E-state index in [1.165, 1.54) is 0 Å². The number of nitrogens with zero attached hydrogens (tertiary/aromatic N) is 2. The number of nitrogens with two attached hydrogens (primary N) is 1. The van der Waals surface area contributed by atoms with Crippen LogP contribution < -0.4 is 11.1 Å². The average Bonchev–Trinajstić information content (AvgIpc) is 2.80. The zero-order valence-corrected chi connectivity index (χ0v) is 12.3. The highest BCUT2D eigenvalue weighted by Gasteiger charge is 2.28. The number of aromatic nitrogens is 2. The molecule has 1 unspecified atom stereocenters. The summed E-state index contributed by atoms with van der Waals surface area (Å²) in [6.07, 6.45) is 1.71. The van der Waals surface area contributed by atoms with Crippen molar-refractivity contribution in [3.05, 3.63) is 5.69 Å². The van der Waals surface area contributed by atoms with Gasteiger partial charge in [-0.15, -0.1) is 0 Å². The van der Waals surface area contributed by atoms with E-state index in [9.17, 15) is 8.42 Å². The van der Waals surface area contributed by atoms with Gasteiger partial charge in [-0.1, -0.05) is 6.92 Å². The Labute approximate surface area is 114 Å². The molecule has 0 amide bonds. The fraction of sp³-hybridized carbons (Fsp3) is 0.750. The first-order valence-corrected chi connectivity index (χ1v) is 8.52. The minimum atomic E-state index is -2.82. The van der Waals surface area contributed by atoms with Gasteiger partial charge in [-0.2, -0.15) is 5.10 Å². The van der Waals surface area contributed by atoms with Crippen molar-refractivity contribution in [3.8, 4) is 0 Å². The third-order valence-corrected chi connectivity index (χ3v) is 5.33. The van der Waals surface area contributed by atoms with Crippen LogP contribution in [-0.2, 0) is 16.4 Å². The molecule has 2 heterocycles. The maximum atomic E-state index is 11.4. The smallest absolute Gasteiger partial charge is 0.150 e. The van der Waals surface area contributed by atoms with Crippen LogP contribution in [0.4, 0.5) is 11.5 Å². The largest absolute Gasteiger partial charge is 0.394 e. The summed E-state index contributed by atoms with van der Waals surface area (Å²) >= 11 is 0. The Balaban J connectivity index is 2.03. The van der Waals surface area contributed by atoms with Gasteiger partial charge in [0, 0.05) is 13.1 Å². The Bertz CT molecular complexity index is 550. The van der Waals surface area contributed by atoms with E-state index in [1.54, 1.807) is 0 Å². The molecular weight excluding hydrogens is 264 g/mol.